The van der Waals surface area contributed by atoms with Gasteiger partial charge in [0, 0.05) is 0 Å². The molecule has 0 spiro atoms. The van der Waals surface area contributed by atoms with Gasteiger partial charge in [0.05, 0.1) is 27.3 Å². The van der Waals surface area contributed by atoms with Crippen LogP contribution in [-0.4, -0.2) is 8.42 Å². The molecule has 0 atom stereocenters. The Labute approximate surface area is 156 Å². The van der Waals surface area contributed by atoms with Gasteiger partial charge in [-0.15, -0.1) is 0 Å². The van der Waals surface area contributed by atoms with Gasteiger partial charge in [-0.3, -0.25) is 4.72 Å². The van der Waals surface area contributed by atoms with E-state index in [2.05, 4.69) is 0 Å². The van der Waals surface area contributed by atoms with Crippen molar-refractivity contribution in [2.24, 2.45) is 0 Å². The Balaban J connectivity index is 2.60. The lowest BCUT2D eigenvalue weighted by Crippen LogP contribution is -2.18. The quantitative estimate of drug-likeness (QED) is 0.606. The highest BCUT2D eigenvalue weighted by Gasteiger charge is 2.38. The molecular weight excluding hydrogens is 448 g/mol. The molecule has 160 valence electrons. The predicted molar refractivity (Wildman–Crippen MR) is 78.7 cm³/mol. The van der Waals surface area contributed by atoms with E-state index in [4.69, 9.17) is 0 Å². The molecule has 0 aliphatic carbocycles. The normalized spacial score (nSPS) is 13.4. The Morgan fingerprint density at radius 1 is 0.655 bits per heavy atom. The van der Waals surface area contributed by atoms with Crippen LogP contribution in [0.15, 0.2) is 41.3 Å². The molecule has 1 N–H and O–H groups in total. The summed E-state index contributed by atoms with van der Waals surface area (Å²) in [7, 11) is -5.32. The van der Waals surface area contributed by atoms with Gasteiger partial charge in [-0.25, -0.2) is 12.8 Å². The maximum Gasteiger partial charge on any atom is 0.416 e. The van der Waals surface area contributed by atoms with Crippen molar-refractivity contribution in [2.75, 3.05) is 4.72 Å². The monoisotopic (exact) mass is 455 g/mol. The third-order valence-electron chi connectivity index (χ3n) is 3.41. The van der Waals surface area contributed by atoms with Crippen molar-refractivity contribution in [3.8, 4) is 0 Å². The number of sulfonamides is 1. The molecule has 0 aromatic heterocycles. The summed E-state index contributed by atoms with van der Waals surface area (Å²) in [6.45, 7) is 0. The van der Waals surface area contributed by atoms with E-state index in [1.54, 1.807) is 0 Å². The fourth-order valence-corrected chi connectivity index (χ4v) is 3.19. The van der Waals surface area contributed by atoms with Gasteiger partial charge in [0.2, 0.25) is 0 Å². The second-order valence-electron chi connectivity index (χ2n) is 5.54. The van der Waals surface area contributed by atoms with E-state index in [-0.39, 0.29) is 36.4 Å². The molecule has 0 unspecified atom stereocenters. The van der Waals surface area contributed by atoms with Crippen LogP contribution in [0.25, 0.3) is 0 Å². The Morgan fingerprint density at radius 3 is 1.52 bits per heavy atom. The molecule has 0 saturated heterocycles. The van der Waals surface area contributed by atoms with E-state index in [0.717, 1.165) is 0 Å². The van der Waals surface area contributed by atoms with Gasteiger partial charge in [-0.2, -0.15) is 39.5 Å². The van der Waals surface area contributed by atoms with Crippen molar-refractivity contribution in [3.63, 3.8) is 0 Å². The zero-order valence-electron chi connectivity index (χ0n) is 13.5. The highest BCUT2D eigenvalue weighted by molar-refractivity contribution is 7.92. The van der Waals surface area contributed by atoms with Crippen LogP contribution >= 0.6 is 0 Å². The van der Waals surface area contributed by atoms with Gasteiger partial charge in [-0.05, 0) is 36.4 Å². The third kappa shape index (κ3) is 5.31. The first-order chi connectivity index (χ1) is 12.9. The van der Waals surface area contributed by atoms with Crippen LogP contribution in [0, 0.1) is 5.82 Å². The summed E-state index contributed by atoms with van der Waals surface area (Å²) in [5.41, 5.74) is -6.77. The molecule has 29 heavy (non-hydrogen) atoms. The van der Waals surface area contributed by atoms with Crippen molar-refractivity contribution in [1.82, 2.24) is 0 Å². The third-order valence-corrected chi connectivity index (χ3v) is 4.75. The SMILES string of the molecule is O=S(=O)(Nc1cc(C(F)(F)F)ccc1F)c1cc(C(F)(F)F)cc(C(F)(F)F)c1. The average molecular weight is 455 g/mol. The Bertz CT molecular complexity index is 991. The van der Waals surface area contributed by atoms with E-state index < -0.39 is 61.6 Å². The van der Waals surface area contributed by atoms with E-state index in [1.165, 1.54) is 4.72 Å². The minimum atomic E-state index is -5.37. The summed E-state index contributed by atoms with van der Waals surface area (Å²) >= 11 is 0. The fourth-order valence-electron chi connectivity index (χ4n) is 2.07. The molecule has 0 aliphatic rings. The number of hydrogen-bond donors (Lipinski definition) is 1. The van der Waals surface area contributed by atoms with E-state index in [9.17, 15) is 52.3 Å². The number of anilines is 1. The smallest absolute Gasteiger partial charge is 0.277 e. The lowest BCUT2D eigenvalue weighted by molar-refractivity contribution is -0.143. The summed E-state index contributed by atoms with van der Waals surface area (Å²) in [5, 5.41) is 0. The highest BCUT2D eigenvalue weighted by Crippen LogP contribution is 2.38. The lowest BCUT2D eigenvalue weighted by Gasteiger charge is -2.16. The number of benzene rings is 2. The molecule has 14 heteroatoms. The zero-order valence-corrected chi connectivity index (χ0v) is 14.3. The summed E-state index contributed by atoms with van der Waals surface area (Å²) in [6.07, 6.45) is -15.8. The van der Waals surface area contributed by atoms with Gasteiger partial charge in [0.1, 0.15) is 5.82 Å². The molecule has 0 fully saturated rings. The molecule has 3 nitrogen and oxygen atoms in total. The van der Waals surface area contributed by atoms with Gasteiger partial charge in [-0.1, -0.05) is 0 Å². The Hall–Kier alpha value is -2.51. The van der Waals surface area contributed by atoms with Gasteiger partial charge in [0.25, 0.3) is 10.0 Å². The molecule has 0 heterocycles. The maximum absolute atomic E-state index is 13.7. The van der Waals surface area contributed by atoms with E-state index in [1.807, 2.05) is 0 Å². The largest absolute Gasteiger partial charge is 0.416 e. The zero-order chi connectivity index (χ0) is 22.4. The van der Waals surface area contributed by atoms with Gasteiger partial charge < -0.3 is 0 Å². The topological polar surface area (TPSA) is 46.2 Å². The van der Waals surface area contributed by atoms with E-state index in [0.29, 0.717) is 0 Å². The highest BCUT2D eigenvalue weighted by atomic mass is 32.2. The molecule has 0 aliphatic heterocycles. The molecule has 0 amide bonds. The second-order valence-corrected chi connectivity index (χ2v) is 7.22. The maximum atomic E-state index is 13.7. The standard InChI is InChI=1S/C15H7F10NO2S/c16-11-2-1-7(13(17,18)19)6-12(11)26-29(27,28)10-4-8(14(20,21)22)3-9(5-10)15(23,24)25/h1-6,26H. The van der Waals surface area contributed by atoms with Crippen molar-refractivity contribution in [2.45, 2.75) is 23.4 Å². The Morgan fingerprint density at radius 2 is 1.10 bits per heavy atom. The number of alkyl halides is 9. The summed E-state index contributed by atoms with van der Waals surface area (Å²) in [5.74, 6) is -1.54. The van der Waals surface area contributed by atoms with Crippen molar-refractivity contribution in [3.05, 3.63) is 58.9 Å². The van der Waals surface area contributed by atoms with Gasteiger partial charge in [0.15, 0.2) is 0 Å². The minimum Gasteiger partial charge on any atom is -0.277 e. The first kappa shape index (κ1) is 22.8. The van der Waals surface area contributed by atoms with Crippen LogP contribution in [0.4, 0.5) is 49.6 Å². The number of rotatable bonds is 3. The van der Waals surface area contributed by atoms with E-state index >= 15 is 0 Å². The average Bonchev–Trinajstić information content (AvgIpc) is 2.53. The molecule has 2 aromatic rings. The van der Waals surface area contributed by atoms with Crippen LogP contribution in [0.5, 0.6) is 0 Å². The van der Waals surface area contributed by atoms with Crippen LogP contribution in [0.3, 0.4) is 0 Å². The summed E-state index contributed by atoms with van der Waals surface area (Å²) in [4.78, 5) is -1.57. The number of nitrogens with one attached hydrogen (secondary N) is 1. The summed E-state index contributed by atoms with van der Waals surface area (Å²) in [6, 6.07) is -0.172. The predicted octanol–water partition coefficient (Wildman–Crippen LogP) is 5.68. The summed E-state index contributed by atoms with van der Waals surface area (Å²) < 4.78 is 154. The molecular formula is C15H7F10NO2S. The fraction of sp³-hybridized carbons (Fsp3) is 0.200. The minimum absolute atomic E-state index is 0.00512. The van der Waals surface area contributed by atoms with Crippen LogP contribution < -0.4 is 4.72 Å². The number of halogens is 10. The first-order valence-electron chi connectivity index (χ1n) is 7.10. The van der Waals surface area contributed by atoms with Crippen molar-refractivity contribution in [1.29, 1.82) is 0 Å². The van der Waals surface area contributed by atoms with Crippen LogP contribution in [0.1, 0.15) is 16.7 Å². The van der Waals surface area contributed by atoms with Crippen molar-refractivity contribution < 1.29 is 52.3 Å². The number of hydrogen-bond acceptors (Lipinski definition) is 2. The molecule has 0 bridgehead atoms. The van der Waals surface area contributed by atoms with Crippen molar-refractivity contribution >= 4 is 15.7 Å². The molecule has 0 saturated carbocycles. The van der Waals surface area contributed by atoms with Crippen LogP contribution in [-0.2, 0) is 28.6 Å². The second kappa shape index (κ2) is 7.07. The Kier molecular flexibility index (Phi) is 5.56. The molecule has 2 aromatic carbocycles. The molecule has 0 radical (unpaired) electrons. The van der Waals surface area contributed by atoms with Gasteiger partial charge >= 0.3 is 18.5 Å². The lowest BCUT2D eigenvalue weighted by atomic mass is 10.1. The van der Waals surface area contributed by atoms with Crippen LogP contribution in [0.2, 0.25) is 0 Å². The first-order valence-corrected chi connectivity index (χ1v) is 8.58. The molecule has 2 rings (SSSR count).